The average molecular weight is 363 g/mol. The fourth-order valence-electron chi connectivity index (χ4n) is 3.65. The summed E-state index contributed by atoms with van der Waals surface area (Å²) in [5.41, 5.74) is 5.83. The van der Waals surface area contributed by atoms with Crippen LogP contribution >= 0.6 is 12.4 Å². The summed E-state index contributed by atoms with van der Waals surface area (Å²) in [7, 11) is -3.58. The Morgan fingerprint density at radius 1 is 1.26 bits per heavy atom. The highest BCUT2D eigenvalue weighted by atomic mass is 35.5. The van der Waals surface area contributed by atoms with E-state index in [9.17, 15) is 8.42 Å². The van der Waals surface area contributed by atoms with Gasteiger partial charge in [0.25, 0.3) is 10.0 Å². The molecule has 0 bridgehead atoms. The van der Waals surface area contributed by atoms with Crippen LogP contribution in [0.15, 0.2) is 11.2 Å². The summed E-state index contributed by atoms with van der Waals surface area (Å²) in [5, 5.41) is 0.152. The van der Waals surface area contributed by atoms with Crippen LogP contribution in [-0.2, 0) is 23.0 Å². The van der Waals surface area contributed by atoms with E-state index >= 15 is 0 Å². The minimum atomic E-state index is -3.58. The third-order valence-corrected chi connectivity index (χ3v) is 6.30. The third kappa shape index (κ3) is 4.26. The second kappa shape index (κ2) is 7.96. The molecule has 1 unspecified atom stereocenters. The first kappa shape index (κ1) is 18.7. The fourth-order valence-corrected chi connectivity index (χ4v) is 4.95. The lowest BCUT2D eigenvalue weighted by Gasteiger charge is -2.29. The van der Waals surface area contributed by atoms with Crippen LogP contribution < -0.4 is 10.5 Å². The van der Waals surface area contributed by atoms with Crippen molar-refractivity contribution in [2.24, 2.45) is 11.7 Å². The first-order valence-electron chi connectivity index (χ1n) is 8.38. The summed E-state index contributed by atoms with van der Waals surface area (Å²) >= 11 is 0. The molecule has 3 N–H and O–H groups in total. The summed E-state index contributed by atoms with van der Waals surface area (Å²) in [6, 6.07) is -0.177. The number of sulfonamides is 1. The van der Waals surface area contributed by atoms with Crippen LogP contribution in [0.2, 0.25) is 0 Å². The summed E-state index contributed by atoms with van der Waals surface area (Å²) in [6.45, 7) is 1.21. The Labute approximate surface area is 144 Å². The van der Waals surface area contributed by atoms with Gasteiger partial charge < -0.3 is 10.3 Å². The number of aryl methyl sites for hydroxylation is 2. The zero-order valence-electron chi connectivity index (χ0n) is 13.4. The van der Waals surface area contributed by atoms with E-state index in [0.29, 0.717) is 12.5 Å². The van der Waals surface area contributed by atoms with Gasteiger partial charge >= 0.3 is 0 Å². The van der Waals surface area contributed by atoms with Crippen LogP contribution in [0.25, 0.3) is 0 Å². The number of hydrogen-bond donors (Lipinski definition) is 2. The Kier molecular flexibility index (Phi) is 6.48. The lowest BCUT2D eigenvalue weighted by atomic mass is 9.84. The van der Waals surface area contributed by atoms with E-state index in [4.69, 9.17) is 5.73 Å². The van der Waals surface area contributed by atoms with Crippen LogP contribution in [0.5, 0.6) is 0 Å². The van der Waals surface area contributed by atoms with Gasteiger partial charge in [-0.1, -0.05) is 19.3 Å². The van der Waals surface area contributed by atoms with Gasteiger partial charge in [0, 0.05) is 31.7 Å². The zero-order chi connectivity index (χ0) is 15.6. The quantitative estimate of drug-likeness (QED) is 0.836. The van der Waals surface area contributed by atoms with Crippen LogP contribution in [0, 0.1) is 5.92 Å². The number of aromatic nitrogens is 2. The van der Waals surface area contributed by atoms with Crippen molar-refractivity contribution in [2.75, 3.05) is 6.54 Å². The van der Waals surface area contributed by atoms with E-state index in [1.54, 1.807) is 6.20 Å². The molecule has 6 nitrogen and oxygen atoms in total. The highest BCUT2D eigenvalue weighted by Gasteiger charge is 2.29. The maximum absolute atomic E-state index is 12.6. The number of nitrogens with two attached hydrogens (primary N) is 1. The van der Waals surface area contributed by atoms with Gasteiger partial charge in [-0.15, -0.1) is 12.4 Å². The predicted octanol–water partition coefficient (Wildman–Crippen LogP) is 1.83. The zero-order valence-corrected chi connectivity index (χ0v) is 15.0. The van der Waals surface area contributed by atoms with E-state index in [-0.39, 0.29) is 23.5 Å². The first-order valence-corrected chi connectivity index (χ1v) is 9.87. The monoisotopic (exact) mass is 362 g/mol. The van der Waals surface area contributed by atoms with Crippen molar-refractivity contribution < 1.29 is 8.42 Å². The van der Waals surface area contributed by atoms with Crippen molar-refractivity contribution in [1.82, 2.24) is 14.3 Å². The Morgan fingerprint density at radius 2 is 2.00 bits per heavy atom. The van der Waals surface area contributed by atoms with Crippen LogP contribution in [-0.4, -0.2) is 30.6 Å². The average Bonchev–Trinajstić information content (AvgIpc) is 2.98. The predicted molar refractivity (Wildman–Crippen MR) is 92.2 cm³/mol. The molecule has 1 aliphatic heterocycles. The number of nitrogens with one attached hydrogen (secondary N) is 1. The molecule has 0 radical (unpaired) electrons. The molecule has 132 valence electrons. The number of rotatable bonds is 5. The van der Waals surface area contributed by atoms with E-state index in [2.05, 4.69) is 9.71 Å². The normalized spacial score (nSPS) is 20.6. The molecule has 0 amide bonds. The molecule has 3 rings (SSSR count). The maximum Gasteiger partial charge on any atom is 0.259 e. The fraction of sp³-hybridized carbons (Fsp3) is 0.800. The van der Waals surface area contributed by atoms with Gasteiger partial charge in [-0.05, 0) is 31.6 Å². The van der Waals surface area contributed by atoms with Gasteiger partial charge in [-0.25, -0.2) is 18.1 Å². The van der Waals surface area contributed by atoms with Gasteiger partial charge in [0.2, 0.25) is 0 Å². The molecule has 0 aromatic carbocycles. The highest BCUT2D eigenvalue weighted by molar-refractivity contribution is 7.89. The smallest absolute Gasteiger partial charge is 0.259 e. The van der Waals surface area contributed by atoms with Crippen molar-refractivity contribution in [1.29, 1.82) is 0 Å². The molecule has 1 saturated carbocycles. The number of hydrogen-bond acceptors (Lipinski definition) is 4. The Bertz CT molecular complexity index is 587. The number of imidazole rings is 1. The Morgan fingerprint density at radius 3 is 2.65 bits per heavy atom. The molecule has 1 aliphatic carbocycles. The minimum Gasteiger partial charge on any atom is -0.333 e. The van der Waals surface area contributed by atoms with E-state index in [1.165, 1.54) is 19.3 Å². The summed E-state index contributed by atoms with van der Waals surface area (Å²) in [5.74, 6) is 1.24. The SMILES string of the molecule is Cl.NCC(NS(=O)(=O)c1cn2c(n1)CCCC2)C1CCCCC1. The minimum absolute atomic E-state index is 0. The first-order chi connectivity index (χ1) is 10.6. The molecule has 23 heavy (non-hydrogen) atoms. The van der Waals surface area contributed by atoms with Crippen molar-refractivity contribution in [2.45, 2.75) is 69.0 Å². The molecule has 8 heteroatoms. The van der Waals surface area contributed by atoms with E-state index in [0.717, 1.165) is 44.5 Å². The second-order valence-corrected chi connectivity index (χ2v) is 8.17. The van der Waals surface area contributed by atoms with Gasteiger partial charge in [0.15, 0.2) is 5.03 Å². The molecule has 2 heterocycles. The van der Waals surface area contributed by atoms with Crippen molar-refractivity contribution in [3.8, 4) is 0 Å². The summed E-state index contributed by atoms with van der Waals surface area (Å²) in [6.07, 6.45) is 10.4. The largest absolute Gasteiger partial charge is 0.333 e. The Balaban J connectivity index is 0.00000192. The molecule has 1 aromatic heterocycles. The molecule has 1 fully saturated rings. The molecule has 1 atom stereocenters. The second-order valence-electron chi connectivity index (χ2n) is 6.51. The molecular weight excluding hydrogens is 336 g/mol. The van der Waals surface area contributed by atoms with Crippen LogP contribution in [0.3, 0.4) is 0 Å². The van der Waals surface area contributed by atoms with Crippen molar-refractivity contribution in [3.63, 3.8) is 0 Å². The third-order valence-electron chi connectivity index (χ3n) is 4.94. The summed E-state index contributed by atoms with van der Waals surface area (Å²) in [4.78, 5) is 4.33. The number of nitrogens with zero attached hydrogens (tertiary/aromatic N) is 2. The molecule has 0 saturated heterocycles. The molecule has 0 spiro atoms. The molecule has 1 aromatic rings. The van der Waals surface area contributed by atoms with E-state index < -0.39 is 10.0 Å². The lowest BCUT2D eigenvalue weighted by molar-refractivity contribution is 0.294. The molecular formula is C15H27ClN4O2S. The van der Waals surface area contributed by atoms with Gasteiger partial charge in [0.05, 0.1) is 0 Å². The van der Waals surface area contributed by atoms with Gasteiger partial charge in [-0.3, -0.25) is 0 Å². The molecule has 2 aliphatic rings. The van der Waals surface area contributed by atoms with E-state index in [1.807, 2.05) is 4.57 Å². The van der Waals surface area contributed by atoms with Gasteiger partial charge in [0.1, 0.15) is 5.82 Å². The van der Waals surface area contributed by atoms with Gasteiger partial charge in [-0.2, -0.15) is 0 Å². The van der Waals surface area contributed by atoms with Crippen molar-refractivity contribution >= 4 is 22.4 Å². The number of halogens is 1. The Hall–Kier alpha value is -0.630. The maximum atomic E-state index is 12.6. The lowest BCUT2D eigenvalue weighted by Crippen LogP contribution is -2.45. The highest BCUT2D eigenvalue weighted by Crippen LogP contribution is 2.27. The van der Waals surface area contributed by atoms with Crippen molar-refractivity contribution in [3.05, 3.63) is 12.0 Å². The topological polar surface area (TPSA) is 90.0 Å². The summed E-state index contributed by atoms with van der Waals surface area (Å²) < 4.78 is 30.0. The number of fused-ring (bicyclic) bond motifs is 1. The van der Waals surface area contributed by atoms with Crippen LogP contribution in [0.1, 0.15) is 50.8 Å². The standard InChI is InChI=1S/C15H26N4O2S.ClH/c16-10-13(12-6-2-1-3-7-12)18-22(20,21)15-11-19-9-5-4-8-14(19)17-15;/h11-13,18H,1-10,16H2;1H. The van der Waals surface area contributed by atoms with Crippen LogP contribution in [0.4, 0.5) is 0 Å².